The SMILES string of the molecule is COc1ccccc1CCN1C(=O)N[C@H](CC(=O)NCCn2cccn2)C1=O. The van der Waals surface area contributed by atoms with E-state index in [0.717, 1.165) is 10.5 Å². The summed E-state index contributed by atoms with van der Waals surface area (Å²) in [6, 6.07) is 7.94. The number of aromatic nitrogens is 2. The van der Waals surface area contributed by atoms with Crippen molar-refractivity contribution in [1.29, 1.82) is 0 Å². The lowest BCUT2D eigenvalue weighted by Crippen LogP contribution is -2.37. The second-order valence-electron chi connectivity index (χ2n) is 6.38. The number of nitrogens with zero attached hydrogens (tertiary/aromatic N) is 3. The van der Waals surface area contributed by atoms with Crippen molar-refractivity contribution < 1.29 is 19.1 Å². The average Bonchev–Trinajstić information content (AvgIpc) is 3.29. The number of para-hydroxylation sites is 1. The molecule has 2 aromatic rings. The average molecular weight is 385 g/mol. The zero-order valence-electron chi connectivity index (χ0n) is 15.6. The molecule has 2 heterocycles. The number of benzene rings is 1. The molecule has 148 valence electrons. The minimum absolute atomic E-state index is 0.0885. The van der Waals surface area contributed by atoms with E-state index >= 15 is 0 Å². The van der Waals surface area contributed by atoms with E-state index in [-0.39, 0.29) is 24.8 Å². The lowest BCUT2D eigenvalue weighted by molar-refractivity contribution is -0.130. The third-order valence-corrected chi connectivity index (χ3v) is 4.52. The summed E-state index contributed by atoms with van der Waals surface area (Å²) in [7, 11) is 1.58. The highest BCUT2D eigenvalue weighted by Gasteiger charge is 2.38. The summed E-state index contributed by atoms with van der Waals surface area (Å²) in [5, 5.41) is 9.36. The van der Waals surface area contributed by atoms with E-state index in [1.54, 1.807) is 30.3 Å². The van der Waals surface area contributed by atoms with Gasteiger partial charge in [0.05, 0.1) is 20.1 Å². The molecule has 0 saturated carbocycles. The van der Waals surface area contributed by atoms with E-state index in [1.165, 1.54) is 0 Å². The van der Waals surface area contributed by atoms with Gasteiger partial charge in [0.15, 0.2) is 0 Å². The Morgan fingerprint density at radius 2 is 2.07 bits per heavy atom. The molecular formula is C19H23N5O4. The normalized spacial score (nSPS) is 16.2. The largest absolute Gasteiger partial charge is 0.496 e. The van der Waals surface area contributed by atoms with Crippen LogP contribution in [0.3, 0.4) is 0 Å². The second kappa shape index (κ2) is 9.03. The van der Waals surface area contributed by atoms with Gasteiger partial charge in [0, 0.05) is 25.5 Å². The summed E-state index contributed by atoms with van der Waals surface area (Å²) in [5.74, 6) is 0.0298. The number of methoxy groups -OCH3 is 1. The van der Waals surface area contributed by atoms with Crippen LogP contribution in [0, 0.1) is 0 Å². The molecule has 3 rings (SSSR count). The number of amides is 4. The van der Waals surface area contributed by atoms with E-state index < -0.39 is 12.1 Å². The molecule has 0 aliphatic carbocycles. The fraction of sp³-hybridized carbons (Fsp3) is 0.368. The molecule has 1 fully saturated rings. The molecular weight excluding hydrogens is 362 g/mol. The zero-order valence-corrected chi connectivity index (χ0v) is 15.6. The monoisotopic (exact) mass is 385 g/mol. The summed E-state index contributed by atoms with van der Waals surface area (Å²) in [4.78, 5) is 37.9. The van der Waals surface area contributed by atoms with E-state index in [4.69, 9.17) is 4.74 Å². The Kier molecular flexibility index (Phi) is 6.25. The van der Waals surface area contributed by atoms with Crippen LogP contribution < -0.4 is 15.4 Å². The van der Waals surface area contributed by atoms with Gasteiger partial charge >= 0.3 is 6.03 Å². The van der Waals surface area contributed by atoms with E-state index in [1.807, 2.05) is 24.3 Å². The standard InChI is InChI=1S/C19H23N5O4/c1-28-16-6-3-2-5-14(16)7-11-24-18(26)15(22-19(24)27)13-17(25)20-9-12-23-10-4-8-21-23/h2-6,8,10,15H,7,9,11-13H2,1H3,(H,20,25)(H,22,27)/t15-/m1/s1. The van der Waals surface area contributed by atoms with Gasteiger partial charge in [-0.15, -0.1) is 0 Å². The van der Waals surface area contributed by atoms with Crippen LogP contribution in [0.1, 0.15) is 12.0 Å². The molecule has 1 aliphatic heterocycles. The number of nitrogens with one attached hydrogen (secondary N) is 2. The molecule has 0 unspecified atom stereocenters. The number of urea groups is 1. The van der Waals surface area contributed by atoms with Gasteiger partial charge in [0.2, 0.25) is 5.91 Å². The topological polar surface area (TPSA) is 106 Å². The van der Waals surface area contributed by atoms with Crippen LogP contribution in [-0.2, 0) is 22.6 Å². The van der Waals surface area contributed by atoms with Gasteiger partial charge < -0.3 is 15.4 Å². The van der Waals surface area contributed by atoms with E-state index in [0.29, 0.717) is 25.3 Å². The van der Waals surface area contributed by atoms with Crippen molar-refractivity contribution in [3.63, 3.8) is 0 Å². The Balaban J connectivity index is 1.48. The van der Waals surface area contributed by atoms with Crippen LogP contribution in [-0.4, -0.2) is 58.8 Å². The number of hydrogen-bond donors (Lipinski definition) is 2. The molecule has 28 heavy (non-hydrogen) atoms. The second-order valence-corrected chi connectivity index (χ2v) is 6.38. The maximum atomic E-state index is 12.5. The molecule has 9 nitrogen and oxygen atoms in total. The van der Waals surface area contributed by atoms with Crippen molar-refractivity contribution in [3.05, 3.63) is 48.3 Å². The number of hydrogen-bond acceptors (Lipinski definition) is 5. The first-order valence-corrected chi connectivity index (χ1v) is 9.06. The van der Waals surface area contributed by atoms with Gasteiger partial charge in [-0.25, -0.2) is 4.79 Å². The fourth-order valence-corrected chi connectivity index (χ4v) is 3.07. The molecule has 1 aromatic carbocycles. The molecule has 1 aromatic heterocycles. The van der Waals surface area contributed by atoms with Gasteiger partial charge in [-0.2, -0.15) is 5.10 Å². The highest BCUT2D eigenvalue weighted by atomic mass is 16.5. The molecule has 1 aliphatic rings. The Morgan fingerprint density at radius 1 is 1.25 bits per heavy atom. The van der Waals surface area contributed by atoms with Crippen LogP contribution in [0.5, 0.6) is 5.75 Å². The van der Waals surface area contributed by atoms with Crippen molar-refractivity contribution in [3.8, 4) is 5.75 Å². The van der Waals surface area contributed by atoms with Crippen LogP contribution in [0.25, 0.3) is 0 Å². The predicted molar refractivity (Wildman–Crippen MR) is 101 cm³/mol. The van der Waals surface area contributed by atoms with Crippen LogP contribution >= 0.6 is 0 Å². The molecule has 0 radical (unpaired) electrons. The Bertz CT molecular complexity index is 837. The third kappa shape index (κ3) is 4.67. The summed E-state index contributed by atoms with van der Waals surface area (Å²) in [6.07, 6.45) is 3.85. The maximum Gasteiger partial charge on any atom is 0.324 e. The minimum atomic E-state index is -0.838. The number of carbonyl (C=O) groups excluding carboxylic acids is 3. The van der Waals surface area contributed by atoms with Crippen molar-refractivity contribution in [2.24, 2.45) is 0 Å². The fourth-order valence-electron chi connectivity index (χ4n) is 3.07. The predicted octanol–water partition coefficient (Wildman–Crippen LogP) is 0.561. The quantitative estimate of drug-likeness (QED) is 0.614. The van der Waals surface area contributed by atoms with Crippen LogP contribution in [0.15, 0.2) is 42.7 Å². The number of carbonyl (C=O) groups is 3. The first kappa shape index (κ1) is 19.4. The molecule has 1 atom stereocenters. The van der Waals surface area contributed by atoms with Crippen molar-refractivity contribution in [1.82, 2.24) is 25.3 Å². The summed E-state index contributed by atoms with van der Waals surface area (Å²) >= 11 is 0. The van der Waals surface area contributed by atoms with Crippen molar-refractivity contribution >= 4 is 17.8 Å². The summed E-state index contributed by atoms with van der Waals surface area (Å²) in [5.41, 5.74) is 0.908. The highest BCUT2D eigenvalue weighted by Crippen LogP contribution is 2.19. The Morgan fingerprint density at radius 3 is 2.82 bits per heavy atom. The van der Waals surface area contributed by atoms with Crippen molar-refractivity contribution in [2.75, 3.05) is 20.2 Å². The van der Waals surface area contributed by atoms with Crippen LogP contribution in [0.2, 0.25) is 0 Å². The smallest absolute Gasteiger partial charge is 0.324 e. The first-order chi connectivity index (χ1) is 13.6. The highest BCUT2D eigenvalue weighted by molar-refractivity contribution is 6.05. The first-order valence-electron chi connectivity index (χ1n) is 9.06. The Labute approximate surface area is 162 Å². The lowest BCUT2D eigenvalue weighted by Gasteiger charge is -2.14. The van der Waals surface area contributed by atoms with Crippen molar-refractivity contribution in [2.45, 2.75) is 25.4 Å². The lowest BCUT2D eigenvalue weighted by atomic mass is 10.1. The van der Waals surface area contributed by atoms with E-state index in [2.05, 4.69) is 15.7 Å². The number of ether oxygens (including phenoxy) is 1. The van der Waals surface area contributed by atoms with E-state index in [9.17, 15) is 14.4 Å². The summed E-state index contributed by atoms with van der Waals surface area (Å²) < 4.78 is 6.99. The maximum absolute atomic E-state index is 12.5. The Hall–Kier alpha value is -3.36. The van der Waals surface area contributed by atoms with Gasteiger partial charge in [-0.05, 0) is 24.1 Å². The van der Waals surface area contributed by atoms with Gasteiger partial charge in [-0.3, -0.25) is 19.2 Å². The zero-order chi connectivity index (χ0) is 19.9. The van der Waals surface area contributed by atoms with Gasteiger partial charge in [0.1, 0.15) is 11.8 Å². The van der Waals surface area contributed by atoms with Crippen LogP contribution in [0.4, 0.5) is 4.79 Å². The number of imide groups is 1. The minimum Gasteiger partial charge on any atom is -0.496 e. The third-order valence-electron chi connectivity index (χ3n) is 4.52. The molecule has 4 amide bonds. The number of rotatable bonds is 9. The molecule has 0 bridgehead atoms. The molecule has 1 saturated heterocycles. The van der Waals surface area contributed by atoms with Gasteiger partial charge in [0.25, 0.3) is 5.91 Å². The molecule has 0 spiro atoms. The summed E-state index contributed by atoms with van der Waals surface area (Å²) in [6.45, 7) is 1.16. The molecule has 2 N–H and O–H groups in total. The molecule has 9 heteroatoms. The van der Waals surface area contributed by atoms with Gasteiger partial charge in [-0.1, -0.05) is 18.2 Å².